The van der Waals surface area contributed by atoms with E-state index in [1.807, 2.05) is 0 Å². The van der Waals surface area contributed by atoms with E-state index in [0.29, 0.717) is 0 Å². The van der Waals surface area contributed by atoms with Gasteiger partial charge in [0.2, 0.25) is 0 Å². The third-order valence-corrected chi connectivity index (χ3v) is 3.57. The molecule has 0 heterocycles. The fourth-order valence-corrected chi connectivity index (χ4v) is 2.47. The van der Waals surface area contributed by atoms with Gasteiger partial charge >= 0.3 is 26.2 Å². The van der Waals surface area contributed by atoms with E-state index in [0.717, 1.165) is 6.42 Å². The first-order chi connectivity index (χ1) is 8.05. The third-order valence-electron chi connectivity index (χ3n) is 3.57. The number of halogens is 2. The SMILES string of the molecule is CC(C)(C)c1c[c-]c2c(c1)-c1ccccc1C2.[Cl-].[Cl-].[Zr+3]. The van der Waals surface area contributed by atoms with Crippen molar-refractivity contribution in [3.05, 3.63) is 59.2 Å². The van der Waals surface area contributed by atoms with Crippen LogP contribution in [0.25, 0.3) is 11.1 Å². The van der Waals surface area contributed by atoms with Crippen LogP contribution in [0.1, 0.15) is 37.5 Å². The molecule has 0 nitrogen and oxygen atoms in total. The van der Waals surface area contributed by atoms with Crippen LogP contribution in [0.5, 0.6) is 0 Å². The molecule has 1 aliphatic carbocycles. The smallest absolute Gasteiger partial charge is 1.00 e. The molecule has 3 heteroatoms. The molecule has 0 bridgehead atoms. The van der Waals surface area contributed by atoms with Crippen LogP contribution < -0.4 is 24.8 Å². The van der Waals surface area contributed by atoms with Crippen molar-refractivity contribution < 1.29 is 51.0 Å². The normalized spacial score (nSPS) is 11.3. The van der Waals surface area contributed by atoms with E-state index in [2.05, 4.69) is 63.2 Å². The van der Waals surface area contributed by atoms with Gasteiger partial charge in [-0.15, -0.1) is 5.56 Å². The molecule has 1 aliphatic rings. The van der Waals surface area contributed by atoms with Crippen molar-refractivity contribution in [2.75, 3.05) is 0 Å². The monoisotopic (exact) mass is 381 g/mol. The average Bonchev–Trinajstić information content (AvgIpc) is 2.65. The predicted molar refractivity (Wildman–Crippen MR) is 72.2 cm³/mol. The van der Waals surface area contributed by atoms with Gasteiger partial charge < -0.3 is 24.8 Å². The van der Waals surface area contributed by atoms with E-state index in [9.17, 15) is 0 Å². The van der Waals surface area contributed by atoms with Gasteiger partial charge in [-0.2, -0.15) is 29.3 Å². The fraction of sp³-hybridized carbons (Fsp3) is 0.294. The minimum Gasteiger partial charge on any atom is -1.00 e. The van der Waals surface area contributed by atoms with Gasteiger partial charge in [0.25, 0.3) is 0 Å². The molecule has 0 saturated heterocycles. The summed E-state index contributed by atoms with van der Waals surface area (Å²) >= 11 is 0. The van der Waals surface area contributed by atoms with Crippen LogP contribution in [0.15, 0.2) is 36.4 Å². The van der Waals surface area contributed by atoms with Crippen molar-refractivity contribution in [3.63, 3.8) is 0 Å². The molecule has 3 rings (SSSR count). The predicted octanol–water partition coefficient (Wildman–Crippen LogP) is -1.64. The Balaban J connectivity index is 0.00000120. The maximum absolute atomic E-state index is 3.47. The zero-order chi connectivity index (χ0) is 12.0. The van der Waals surface area contributed by atoms with Crippen LogP contribution >= 0.6 is 0 Å². The minimum atomic E-state index is 0. The maximum Gasteiger partial charge on any atom is 3.00 e. The van der Waals surface area contributed by atoms with Crippen molar-refractivity contribution >= 4 is 0 Å². The molecule has 0 saturated carbocycles. The van der Waals surface area contributed by atoms with Gasteiger partial charge in [0.1, 0.15) is 0 Å². The maximum atomic E-state index is 3.47. The van der Waals surface area contributed by atoms with Gasteiger partial charge in [-0.3, -0.25) is 0 Å². The molecule has 1 radical (unpaired) electrons. The number of hydrogen-bond acceptors (Lipinski definition) is 0. The Bertz CT molecular complexity index is 586. The van der Waals surface area contributed by atoms with Gasteiger partial charge in [0.05, 0.1) is 0 Å². The van der Waals surface area contributed by atoms with Crippen molar-refractivity contribution in [2.45, 2.75) is 32.6 Å². The summed E-state index contributed by atoms with van der Waals surface area (Å²) in [7, 11) is 0. The molecular weight excluding hydrogens is 366 g/mol. The molecule has 0 atom stereocenters. The molecule has 20 heavy (non-hydrogen) atoms. The number of hydrogen-bond donors (Lipinski definition) is 0. The van der Waals surface area contributed by atoms with E-state index in [1.54, 1.807) is 0 Å². The average molecular weight is 383 g/mol. The van der Waals surface area contributed by atoms with Gasteiger partial charge in [0, 0.05) is 0 Å². The summed E-state index contributed by atoms with van der Waals surface area (Å²) in [6.07, 6.45) is 1.04. The van der Waals surface area contributed by atoms with Crippen molar-refractivity contribution in [1.82, 2.24) is 0 Å². The van der Waals surface area contributed by atoms with Crippen LogP contribution in [0.4, 0.5) is 0 Å². The second-order valence-corrected chi connectivity index (χ2v) is 5.86. The van der Waals surface area contributed by atoms with E-state index in [-0.39, 0.29) is 56.4 Å². The summed E-state index contributed by atoms with van der Waals surface area (Å²) in [5.41, 5.74) is 7.12. The van der Waals surface area contributed by atoms with Gasteiger partial charge in [-0.05, 0) is 6.42 Å². The summed E-state index contributed by atoms with van der Waals surface area (Å²) in [4.78, 5) is 0. The minimum absolute atomic E-state index is 0. The Morgan fingerprint density at radius 3 is 2.30 bits per heavy atom. The van der Waals surface area contributed by atoms with Crippen molar-refractivity contribution in [2.24, 2.45) is 0 Å². The van der Waals surface area contributed by atoms with E-state index >= 15 is 0 Å². The molecule has 2 aromatic carbocycles. The standard InChI is InChI=1S/C17H17.2ClH.Zr/c1-17(2,3)14-9-8-13-10-12-6-4-5-7-15(12)16(13)11-14;;;/h4-7,9,11H,10H2,1-3H3;2*1H;/q-1;;;+3/p-2. The Kier molecular flexibility index (Phi) is 7.22. The van der Waals surface area contributed by atoms with Crippen LogP contribution in [0.2, 0.25) is 0 Å². The molecule has 0 amide bonds. The molecule has 0 unspecified atom stereocenters. The second kappa shape index (κ2) is 7.25. The molecule has 0 fully saturated rings. The Morgan fingerprint density at radius 2 is 1.65 bits per heavy atom. The van der Waals surface area contributed by atoms with Crippen LogP contribution in [-0.2, 0) is 38.0 Å². The molecule has 2 aromatic rings. The third kappa shape index (κ3) is 3.56. The van der Waals surface area contributed by atoms with E-state index in [1.165, 1.54) is 27.8 Å². The zero-order valence-corrected chi connectivity index (χ0v) is 15.9. The topological polar surface area (TPSA) is 0 Å². The van der Waals surface area contributed by atoms with Gasteiger partial charge in [-0.25, -0.2) is 0 Å². The van der Waals surface area contributed by atoms with Crippen LogP contribution in [0, 0.1) is 6.07 Å². The summed E-state index contributed by atoms with van der Waals surface area (Å²) in [6, 6.07) is 16.7. The molecule has 103 valence electrons. The molecule has 0 N–H and O–H groups in total. The quantitative estimate of drug-likeness (QED) is 0.409. The first-order valence-electron chi connectivity index (χ1n) is 6.19. The Hall–Kier alpha value is -0.0969. The fourth-order valence-electron chi connectivity index (χ4n) is 2.47. The van der Waals surface area contributed by atoms with E-state index < -0.39 is 0 Å². The van der Waals surface area contributed by atoms with E-state index in [4.69, 9.17) is 0 Å². The summed E-state index contributed by atoms with van der Waals surface area (Å²) in [6.45, 7) is 6.76. The summed E-state index contributed by atoms with van der Waals surface area (Å²) in [5, 5.41) is 0. The first kappa shape index (κ1) is 19.9. The first-order valence-corrected chi connectivity index (χ1v) is 6.19. The molecule has 0 aromatic heterocycles. The van der Waals surface area contributed by atoms with Crippen LogP contribution in [0.3, 0.4) is 0 Å². The zero-order valence-electron chi connectivity index (χ0n) is 11.9. The van der Waals surface area contributed by atoms with Gasteiger partial charge in [0.15, 0.2) is 0 Å². The Labute approximate surface area is 153 Å². The number of rotatable bonds is 0. The molecule has 0 spiro atoms. The van der Waals surface area contributed by atoms with Gasteiger partial charge in [-0.1, -0.05) is 61.6 Å². The summed E-state index contributed by atoms with van der Waals surface area (Å²) < 4.78 is 0. The molecular formula is C17H17Cl2Zr. The van der Waals surface area contributed by atoms with Crippen molar-refractivity contribution in [1.29, 1.82) is 0 Å². The largest absolute Gasteiger partial charge is 3.00 e. The van der Waals surface area contributed by atoms with Crippen molar-refractivity contribution in [3.8, 4) is 11.1 Å². The number of benzene rings is 2. The Morgan fingerprint density at radius 1 is 1.00 bits per heavy atom. The summed E-state index contributed by atoms with van der Waals surface area (Å²) in [5.74, 6) is 0. The van der Waals surface area contributed by atoms with Crippen LogP contribution in [-0.4, -0.2) is 0 Å². The second-order valence-electron chi connectivity index (χ2n) is 5.86. The number of fused-ring (bicyclic) bond motifs is 3. The molecule has 0 aliphatic heterocycles.